The molecule has 0 saturated heterocycles. The number of thioether (sulfide) groups is 1. The van der Waals surface area contributed by atoms with E-state index in [1.54, 1.807) is 13.0 Å². The maximum Gasteiger partial charge on any atom is 0.271 e. The normalized spacial score (nSPS) is 10.7. The smallest absolute Gasteiger partial charge is 0.271 e. The van der Waals surface area contributed by atoms with E-state index in [0.29, 0.717) is 16.7 Å². The summed E-state index contributed by atoms with van der Waals surface area (Å²) in [5.74, 6) is 6.23. The van der Waals surface area contributed by atoms with E-state index in [9.17, 15) is 14.9 Å². The summed E-state index contributed by atoms with van der Waals surface area (Å²) in [6.45, 7) is 1.76. The van der Waals surface area contributed by atoms with E-state index in [2.05, 4.69) is 15.5 Å². The van der Waals surface area contributed by atoms with Crippen LogP contribution in [0.25, 0.3) is 10.7 Å². The number of benzene rings is 1. The van der Waals surface area contributed by atoms with Crippen molar-refractivity contribution in [3.05, 3.63) is 51.4 Å². The van der Waals surface area contributed by atoms with Gasteiger partial charge in [-0.1, -0.05) is 23.9 Å². The Bertz CT molecular complexity index is 954. The number of non-ortho nitro benzene ring substituents is 1. The number of nitrogens with zero attached hydrogens (tertiary/aromatic N) is 4. The van der Waals surface area contributed by atoms with Crippen molar-refractivity contribution in [3.63, 3.8) is 0 Å². The number of hydrogen-bond donors (Lipinski definition) is 2. The van der Waals surface area contributed by atoms with Gasteiger partial charge in [0.1, 0.15) is 0 Å². The third kappa shape index (κ3) is 3.83. The quantitative estimate of drug-likeness (QED) is 0.286. The molecule has 0 saturated carbocycles. The van der Waals surface area contributed by atoms with E-state index in [1.165, 1.54) is 28.1 Å². The number of nitrogen functional groups attached to an aromatic ring is 1. The third-order valence-corrected chi connectivity index (χ3v) is 5.25. The molecule has 9 nitrogen and oxygen atoms in total. The molecular formula is C15H14N6O3S2. The van der Waals surface area contributed by atoms with E-state index in [1.807, 2.05) is 17.5 Å². The van der Waals surface area contributed by atoms with Gasteiger partial charge in [-0.25, -0.2) is 4.68 Å². The van der Waals surface area contributed by atoms with Gasteiger partial charge in [-0.15, -0.1) is 21.5 Å². The van der Waals surface area contributed by atoms with Gasteiger partial charge in [-0.3, -0.25) is 14.9 Å². The highest BCUT2D eigenvalue weighted by atomic mass is 32.2. The van der Waals surface area contributed by atoms with Gasteiger partial charge in [0, 0.05) is 12.1 Å². The lowest BCUT2D eigenvalue weighted by molar-refractivity contribution is -0.384. The van der Waals surface area contributed by atoms with E-state index in [0.717, 1.165) is 22.2 Å². The number of amides is 1. The van der Waals surface area contributed by atoms with Gasteiger partial charge in [-0.2, -0.15) is 0 Å². The van der Waals surface area contributed by atoms with E-state index in [4.69, 9.17) is 5.84 Å². The van der Waals surface area contributed by atoms with Gasteiger partial charge in [0.25, 0.3) is 5.69 Å². The zero-order valence-corrected chi connectivity index (χ0v) is 15.2. The van der Waals surface area contributed by atoms with Gasteiger partial charge in [0.15, 0.2) is 5.82 Å². The fraction of sp³-hybridized carbons (Fsp3) is 0.133. The number of carbonyl (C=O) groups excluding carboxylic acids is 1. The van der Waals surface area contributed by atoms with Crippen LogP contribution in [0.5, 0.6) is 0 Å². The van der Waals surface area contributed by atoms with Crippen molar-refractivity contribution in [3.8, 4) is 10.7 Å². The van der Waals surface area contributed by atoms with Crippen molar-refractivity contribution in [2.75, 3.05) is 16.9 Å². The first kappa shape index (κ1) is 17.9. The molecule has 11 heteroatoms. The van der Waals surface area contributed by atoms with Crippen LogP contribution in [0.1, 0.15) is 5.56 Å². The minimum Gasteiger partial charge on any atom is -0.335 e. The zero-order chi connectivity index (χ0) is 18.7. The molecule has 0 bridgehead atoms. The lowest BCUT2D eigenvalue weighted by Crippen LogP contribution is -2.17. The van der Waals surface area contributed by atoms with E-state index >= 15 is 0 Å². The molecule has 2 aromatic heterocycles. The third-order valence-electron chi connectivity index (χ3n) is 3.44. The monoisotopic (exact) mass is 390 g/mol. The molecule has 0 fully saturated rings. The van der Waals surface area contributed by atoms with Gasteiger partial charge < -0.3 is 11.2 Å². The molecule has 3 N–H and O–H groups in total. The average Bonchev–Trinajstić information content (AvgIpc) is 3.24. The molecule has 2 heterocycles. The van der Waals surface area contributed by atoms with Gasteiger partial charge >= 0.3 is 0 Å². The first-order chi connectivity index (χ1) is 12.5. The molecule has 1 amide bonds. The summed E-state index contributed by atoms with van der Waals surface area (Å²) >= 11 is 2.62. The molecular weight excluding hydrogens is 376 g/mol. The number of nitrogens with one attached hydrogen (secondary N) is 1. The molecule has 134 valence electrons. The number of thiophene rings is 1. The molecule has 0 aliphatic rings. The average molecular weight is 390 g/mol. The fourth-order valence-corrected chi connectivity index (χ4v) is 3.49. The maximum absolute atomic E-state index is 12.2. The Kier molecular flexibility index (Phi) is 5.19. The van der Waals surface area contributed by atoms with Crippen LogP contribution in [0.2, 0.25) is 0 Å². The standard InChI is InChI=1S/C15H14N6O3S2/c1-9-4-5-10(21(23)24)7-11(9)17-13(22)8-26-15-19-18-14(20(15)16)12-3-2-6-25-12/h2-7H,8,16H2,1H3,(H,17,22). The van der Waals surface area contributed by atoms with Crippen molar-refractivity contribution in [2.24, 2.45) is 0 Å². The second-order valence-corrected chi connectivity index (χ2v) is 7.14. The number of anilines is 1. The molecule has 0 unspecified atom stereocenters. The molecule has 0 radical (unpaired) electrons. The molecule has 0 aliphatic carbocycles. The molecule has 0 atom stereocenters. The maximum atomic E-state index is 12.2. The lowest BCUT2D eigenvalue weighted by Gasteiger charge is -2.08. The topological polar surface area (TPSA) is 129 Å². The second-order valence-electron chi connectivity index (χ2n) is 5.25. The molecule has 3 aromatic rings. The van der Waals surface area contributed by atoms with E-state index < -0.39 is 4.92 Å². The molecule has 0 aliphatic heterocycles. The van der Waals surface area contributed by atoms with Gasteiger partial charge in [0.05, 0.1) is 21.2 Å². The number of carbonyl (C=O) groups is 1. The summed E-state index contributed by atoms with van der Waals surface area (Å²) in [5, 5.41) is 23.9. The fourth-order valence-electron chi connectivity index (χ4n) is 2.12. The molecule has 1 aromatic carbocycles. The van der Waals surface area contributed by atoms with Crippen LogP contribution in [-0.4, -0.2) is 31.5 Å². The van der Waals surface area contributed by atoms with Crippen LogP contribution in [0.15, 0.2) is 40.9 Å². The van der Waals surface area contributed by atoms with Crippen molar-refractivity contribution in [1.29, 1.82) is 0 Å². The predicted octanol–water partition coefficient (Wildman–Crippen LogP) is 2.67. The summed E-state index contributed by atoms with van der Waals surface area (Å²) in [4.78, 5) is 23.4. The van der Waals surface area contributed by atoms with Gasteiger partial charge in [-0.05, 0) is 23.9 Å². The molecule has 26 heavy (non-hydrogen) atoms. The number of aryl methyl sites for hydroxylation is 1. The first-order valence-corrected chi connectivity index (χ1v) is 9.24. The van der Waals surface area contributed by atoms with Crippen molar-refractivity contribution in [2.45, 2.75) is 12.1 Å². The Morgan fingerprint density at radius 3 is 2.92 bits per heavy atom. The van der Waals surface area contributed by atoms with Crippen molar-refractivity contribution in [1.82, 2.24) is 14.9 Å². The van der Waals surface area contributed by atoms with Crippen LogP contribution >= 0.6 is 23.1 Å². The summed E-state index contributed by atoms with van der Waals surface area (Å²) in [6, 6.07) is 8.08. The summed E-state index contributed by atoms with van der Waals surface area (Å²) in [5.41, 5.74) is 1.05. The zero-order valence-electron chi connectivity index (χ0n) is 13.6. The van der Waals surface area contributed by atoms with E-state index in [-0.39, 0.29) is 17.3 Å². The Labute approximate surface area is 156 Å². The first-order valence-electron chi connectivity index (χ1n) is 7.38. The summed E-state index contributed by atoms with van der Waals surface area (Å²) in [6.07, 6.45) is 0. The minimum absolute atomic E-state index is 0.0436. The largest absolute Gasteiger partial charge is 0.335 e. The molecule has 3 rings (SSSR count). The van der Waals surface area contributed by atoms with Crippen LogP contribution in [0.4, 0.5) is 11.4 Å². The Morgan fingerprint density at radius 2 is 2.23 bits per heavy atom. The Morgan fingerprint density at radius 1 is 1.42 bits per heavy atom. The SMILES string of the molecule is Cc1ccc([N+](=O)[O-])cc1NC(=O)CSc1nnc(-c2cccs2)n1N. The second kappa shape index (κ2) is 7.54. The van der Waals surface area contributed by atoms with Crippen LogP contribution < -0.4 is 11.2 Å². The van der Waals surface area contributed by atoms with Crippen LogP contribution in [-0.2, 0) is 4.79 Å². The Balaban J connectivity index is 1.65. The highest BCUT2D eigenvalue weighted by molar-refractivity contribution is 7.99. The Hall–Kier alpha value is -2.92. The lowest BCUT2D eigenvalue weighted by atomic mass is 10.2. The number of aromatic nitrogens is 3. The highest BCUT2D eigenvalue weighted by Gasteiger charge is 2.15. The van der Waals surface area contributed by atoms with Crippen LogP contribution in [0.3, 0.4) is 0 Å². The van der Waals surface area contributed by atoms with Crippen molar-refractivity contribution >= 4 is 40.4 Å². The molecule has 0 spiro atoms. The number of hydrogen-bond acceptors (Lipinski definition) is 8. The van der Waals surface area contributed by atoms with Crippen LogP contribution in [0, 0.1) is 17.0 Å². The minimum atomic E-state index is -0.507. The van der Waals surface area contributed by atoms with Gasteiger partial charge in [0.2, 0.25) is 11.1 Å². The number of nitro groups is 1. The number of rotatable bonds is 6. The number of nitro benzene ring substituents is 1. The summed E-state index contributed by atoms with van der Waals surface area (Å²) < 4.78 is 1.34. The van der Waals surface area contributed by atoms with Crippen molar-refractivity contribution < 1.29 is 9.72 Å². The predicted molar refractivity (Wildman–Crippen MR) is 101 cm³/mol. The highest BCUT2D eigenvalue weighted by Crippen LogP contribution is 2.26. The summed E-state index contributed by atoms with van der Waals surface area (Å²) in [7, 11) is 0. The number of nitrogens with two attached hydrogens (primary N) is 1.